The van der Waals surface area contributed by atoms with Gasteiger partial charge in [0.2, 0.25) is 5.91 Å². The highest BCUT2D eigenvalue weighted by molar-refractivity contribution is 6.32. The summed E-state index contributed by atoms with van der Waals surface area (Å²) < 4.78 is 0. The minimum Gasteiger partial charge on any atom is -0.504 e. The van der Waals surface area contributed by atoms with Gasteiger partial charge in [-0.05, 0) is 24.6 Å². The van der Waals surface area contributed by atoms with Crippen LogP contribution in [0.3, 0.4) is 0 Å². The number of carbonyl (C=O) groups is 1. The minimum absolute atomic E-state index is 0.0204. The quantitative estimate of drug-likeness (QED) is 0.820. The number of aromatic hydroxyl groups is 1. The van der Waals surface area contributed by atoms with E-state index in [2.05, 4.69) is 0 Å². The summed E-state index contributed by atoms with van der Waals surface area (Å²) in [5, 5.41) is 10.0. The molecule has 86 valence electrons. The second kappa shape index (κ2) is 4.31. The molecule has 0 saturated carbocycles. The van der Waals surface area contributed by atoms with Gasteiger partial charge in [-0.25, -0.2) is 0 Å². The predicted octanol–water partition coefficient (Wildman–Crippen LogP) is 1.36. The van der Waals surface area contributed by atoms with E-state index in [1.807, 2.05) is 0 Å². The van der Waals surface area contributed by atoms with E-state index in [4.69, 9.17) is 17.3 Å². The molecule has 1 unspecified atom stereocenters. The average Bonchev–Trinajstić information content (AvgIpc) is 2.64. The minimum atomic E-state index is -0.0461. The first-order valence-corrected chi connectivity index (χ1v) is 5.49. The van der Waals surface area contributed by atoms with Crippen LogP contribution in [0.25, 0.3) is 0 Å². The van der Waals surface area contributed by atoms with Crippen LogP contribution in [0.4, 0.5) is 5.69 Å². The van der Waals surface area contributed by atoms with E-state index in [0.717, 1.165) is 0 Å². The zero-order valence-electron chi connectivity index (χ0n) is 8.69. The molecule has 2 rings (SSSR count). The molecule has 0 aromatic heterocycles. The van der Waals surface area contributed by atoms with Gasteiger partial charge in [-0.1, -0.05) is 17.7 Å². The molecule has 1 atom stereocenters. The number of halogens is 1. The smallest absolute Gasteiger partial charge is 0.227 e. The molecule has 0 spiro atoms. The summed E-state index contributed by atoms with van der Waals surface area (Å²) in [4.78, 5) is 13.3. The Balaban J connectivity index is 2.31. The zero-order chi connectivity index (χ0) is 11.7. The number of hydrogen-bond acceptors (Lipinski definition) is 3. The third-order valence-electron chi connectivity index (χ3n) is 2.79. The normalized spacial score (nSPS) is 20.5. The number of anilines is 1. The molecular formula is C11H13ClN2O2. The number of carbonyl (C=O) groups excluding carboxylic acids is 1. The molecule has 1 amide bonds. The highest BCUT2D eigenvalue weighted by atomic mass is 35.5. The Labute approximate surface area is 98.6 Å². The number of nitrogens with two attached hydrogens (primary N) is 1. The van der Waals surface area contributed by atoms with Crippen LogP contribution >= 0.6 is 11.6 Å². The predicted molar refractivity (Wildman–Crippen MR) is 62.6 cm³/mol. The molecule has 1 heterocycles. The Bertz CT molecular complexity index is 422. The highest BCUT2D eigenvalue weighted by Crippen LogP contribution is 2.36. The number of benzene rings is 1. The third-order valence-corrected chi connectivity index (χ3v) is 3.10. The molecule has 4 nitrogen and oxygen atoms in total. The fraction of sp³-hybridized carbons (Fsp3) is 0.364. The van der Waals surface area contributed by atoms with Crippen molar-refractivity contribution in [1.82, 2.24) is 0 Å². The SMILES string of the molecule is NCC1CC(=O)N(c2cccc(Cl)c2O)C1. The van der Waals surface area contributed by atoms with E-state index in [1.54, 1.807) is 23.1 Å². The monoisotopic (exact) mass is 240 g/mol. The average molecular weight is 241 g/mol. The maximum absolute atomic E-state index is 11.7. The van der Waals surface area contributed by atoms with Crippen LogP contribution in [0.1, 0.15) is 6.42 Å². The van der Waals surface area contributed by atoms with Crippen molar-refractivity contribution in [3.05, 3.63) is 23.2 Å². The first-order valence-electron chi connectivity index (χ1n) is 5.11. The molecule has 1 aliphatic rings. The third kappa shape index (κ3) is 1.86. The van der Waals surface area contributed by atoms with Crippen molar-refractivity contribution in [1.29, 1.82) is 0 Å². The molecule has 0 aliphatic carbocycles. The topological polar surface area (TPSA) is 66.6 Å². The van der Waals surface area contributed by atoms with Gasteiger partial charge >= 0.3 is 0 Å². The number of amides is 1. The summed E-state index contributed by atoms with van der Waals surface area (Å²) in [7, 11) is 0. The van der Waals surface area contributed by atoms with Crippen molar-refractivity contribution in [3.63, 3.8) is 0 Å². The standard InChI is InChI=1S/C11H13ClN2O2/c12-8-2-1-3-9(11(8)16)14-6-7(5-13)4-10(14)15/h1-3,7,16H,4-6,13H2. The second-order valence-corrected chi connectivity index (χ2v) is 4.32. The lowest BCUT2D eigenvalue weighted by molar-refractivity contribution is -0.117. The number of hydrogen-bond donors (Lipinski definition) is 2. The summed E-state index contributed by atoms with van der Waals surface area (Å²) in [6.45, 7) is 1.02. The van der Waals surface area contributed by atoms with Crippen molar-refractivity contribution in [2.75, 3.05) is 18.0 Å². The number of phenolic OH excluding ortho intramolecular Hbond substituents is 1. The van der Waals surface area contributed by atoms with Gasteiger partial charge in [-0.2, -0.15) is 0 Å². The molecule has 1 saturated heterocycles. The lowest BCUT2D eigenvalue weighted by atomic mass is 10.1. The van der Waals surface area contributed by atoms with Crippen molar-refractivity contribution in [2.24, 2.45) is 11.7 Å². The van der Waals surface area contributed by atoms with Crippen molar-refractivity contribution in [3.8, 4) is 5.75 Å². The fourth-order valence-corrected chi connectivity index (χ4v) is 2.06. The molecule has 0 radical (unpaired) electrons. The molecular weight excluding hydrogens is 228 g/mol. The molecule has 3 N–H and O–H groups in total. The Morgan fingerprint density at radius 2 is 2.31 bits per heavy atom. The van der Waals surface area contributed by atoms with Crippen molar-refractivity contribution in [2.45, 2.75) is 6.42 Å². The lowest BCUT2D eigenvalue weighted by Crippen LogP contribution is -2.25. The molecule has 1 aliphatic heterocycles. The first-order chi connectivity index (χ1) is 7.63. The van der Waals surface area contributed by atoms with Crippen LogP contribution in [0, 0.1) is 5.92 Å². The summed E-state index contributed by atoms with van der Waals surface area (Å²) in [6, 6.07) is 4.97. The number of phenols is 1. The van der Waals surface area contributed by atoms with E-state index in [-0.39, 0.29) is 22.6 Å². The van der Waals surface area contributed by atoms with Crippen LogP contribution < -0.4 is 10.6 Å². The van der Waals surface area contributed by atoms with Crippen LogP contribution in [0.2, 0.25) is 5.02 Å². The Morgan fingerprint density at radius 1 is 1.56 bits per heavy atom. The van der Waals surface area contributed by atoms with E-state index in [9.17, 15) is 9.90 Å². The van der Waals surface area contributed by atoms with Crippen LogP contribution in [-0.2, 0) is 4.79 Å². The molecule has 0 bridgehead atoms. The van der Waals surface area contributed by atoms with Crippen molar-refractivity contribution < 1.29 is 9.90 Å². The molecule has 1 fully saturated rings. The summed E-state index contributed by atoms with van der Waals surface area (Å²) in [5.41, 5.74) is 6.00. The van der Waals surface area contributed by atoms with Gasteiger partial charge in [-0.3, -0.25) is 4.79 Å². The zero-order valence-corrected chi connectivity index (χ0v) is 9.44. The summed E-state index contributed by atoms with van der Waals surface area (Å²) in [6.07, 6.45) is 0.433. The molecule has 16 heavy (non-hydrogen) atoms. The van der Waals surface area contributed by atoms with Crippen LogP contribution in [0.5, 0.6) is 5.75 Å². The van der Waals surface area contributed by atoms with Gasteiger partial charge in [0.15, 0.2) is 5.75 Å². The van der Waals surface area contributed by atoms with Crippen molar-refractivity contribution >= 4 is 23.2 Å². The largest absolute Gasteiger partial charge is 0.504 e. The summed E-state index contributed by atoms with van der Waals surface area (Å²) >= 11 is 5.80. The van der Waals surface area contributed by atoms with Crippen LogP contribution in [-0.4, -0.2) is 24.1 Å². The van der Waals surface area contributed by atoms with E-state index in [0.29, 0.717) is 25.2 Å². The van der Waals surface area contributed by atoms with Gasteiger partial charge in [-0.15, -0.1) is 0 Å². The Morgan fingerprint density at radius 3 is 2.94 bits per heavy atom. The Hall–Kier alpha value is -1.26. The maximum atomic E-state index is 11.7. The number of para-hydroxylation sites is 1. The number of nitrogens with zero attached hydrogens (tertiary/aromatic N) is 1. The van der Waals surface area contributed by atoms with Crippen LogP contribution in [0.15, 0.2) is 18.2 Å². The highest BCUT2D eigenvalue weighted by Gasteiger charge is 2.31. The first kappa shape index (κ1) is 11.2. The van der Waals surface area contributed by atoms with E-state index >= 15 is 0 Å². The molecule has 1 aromatic rings. The second-order valence-electron chi connectivity index (χ2n) is 3.92. The Kier molecular flexibility index (Phi) is 3.03. The summed E-state index contributed by atoms with van der Waals surface area (Å²) in [5.74, 6) is 0.0917. The van der Waals surface area contributed by atoms with Gasteiger partial charge < -0.3 is 15.7 Å². The van der Waals surface area contributed by atoms with Gasteiger partial charge in [0.1, 0.15) is 0 Å². The van der Waals surface area contributed by atoms with Gasteiger partial charge in [0.25, 0.3) is 0 Å². The lowest BCUT2D eigenvalue weighted by Gasteiger charge is -2.18. The van der Waals surface area contributed by atoms with Gasteiger partial charge in [0, 0.05) is 13.0 Å². The fourth-order valence-electron chi connectivity index (χ4n) is 1.89. The molecule has 1 aromatic carbocycles. The molecule has 5 heteroatoms. The number of rotatable bonds is 2. The van der Waals surface area contributed by atoms with E-state index in [1.165, 1.54) is 0 Å². The maximum Gasteiger partial charge on any atom is 0.227 e. The van der Waals surface area contributed by atoms with E-state index < -0.39 is 0 Å². The van der Waals surface area contributed by atoms with Gasteiger partial charge in [0.05, 0.1) is 10.7 Å².